The Labute approximate surface area is 103 Å². The number of benzene rings is 1. The maximum atomic E-state index is 5.55. The second-order valence-corrected chi connectivity index (χ2v) is 3.95. The van der Waals surface area contributed by atoms with Crippen molar-refractivity contribution in [2.45, 2.75) is 12.8 Å². The Morgan fingerprint density at radius 1 is 1.28 bits per heavy atom. The normalized spacial score (nSPS) is 10.9. The zero-order chi connectivity index (χ0) is 12.2. The number of hydrogen-bond acceptors (Lipinski definition) is 5. The summed E-state index contributed by atoms with van der Waals surface area (Å²) in [4.78, 5) is 8.40. The molecule has 0 aliphatic rings. The van der Waals surface area contributed by atoms with Gasteiger partial charge in [-0.25, -0.2) is 4.98 Å². The molecular weight excluding hydrogens is 230 g/mol. The van der Waals surface area contributed by atoms with Gasteiger partial charge in [-0.15, -0.1) is 0 Å². The number of fused-ring (bicyclic) bond motifs is 1. The quantitative estimate of drug-likeness (QED) is 0.670. The van der Waals surface area contributed by atoms with E-state index in [0.717, 1.165) is 36.3 Å². The standard InChI is InChI=1S/C12H13N5O/c1-2-5-10-9(4-1)16-12(18-10)13-7-3-6-11-14-8-15-17-11/h1-2,4-5,8H,3,6-7H2,(H,13,16)(H,14,15,17). The lowest BCUT2D eigenvalue weighted by Gasteiger charge is -1.99. The molecule has 0 bridgehead atoms. The van der Waals surface area contributed by atoms with Crippen molar-refractivity contribution < 1.29 is 4.42 Å². The van der Waals surface area contributed by atoms with Crippen LogP contribution in [0.3, 0.4) is 0 Å². The molecule has 0 atom stereocenters. The van der Waals surface area contributed by atoms with E-state index in [2.05, 4.69) is 25.5 Å². The highest BCUT2D eigenvalue weighted by molar-refractivity contribution is 5.74. The SMILES string of the molecule is c1ccc2oc(NCCCc3ncn[nH]3)nc2c1. The van der Waals surface area contributed by atoms with E-state index in [4.69, 9.17) is 4.42 Å². The van der Waals surface area contributed by atoms with E-state index >= 15 is 0 Å². The summed E-state index contributed by atoms with van der Waals surface area (Å²) in [5.74, 6) is 0.898. The van der Waals surface area contributed by atoms with Crippen LogP contribution in [0.2, 0.25) is 0 Å². The Hall–Kier alpha value is -2.37. The predicted molar refractivity (Wildman–Crippen MR) is 67.2 cm³/mol. The topological polar surface area (TPSA) is 79.6 Å². The number of nitrogens with one attached hydrogen (secondary N) is 2. The Morgan fingerprint density at radius 3 is 3.06 bits per heavy atom. The van der Waals surface area contributed by atoms with E-state index < -0.39 is 0 Å². The van der Waals surface area contributed by atoms with Gasteiger partial charge >= 0.3 is 0 Å². The molecular formula is C12H13N5O. The lowest BCUT2D eigenvalue weighted by molar-refractivity contribution is 0.611. The van der Waals surface area contributed by atoms with E-state index in [0.29, 0.717) is 6.01 Å². The number of oxazole rings is 1. The van der Waals surface area contributed by atoms with Crippen molar-refractivity contribution in [1.82, 2.24) is 20.2 Å². The Balaban J connectivity index is 1.53. The summed E-state index contributed by atoms with van der Waals surface area (Å²) >= 11 is 0. The Bertz CT molecular complexity index is 583. The first-order valence-electron chi connectivity index (χ1n) is 5.85. The van der Waals surface area contributed by atoms with Gasteiger partial charge in [-0.1, -0.05) is 12.1 Å². The van der Waals surface area contributed by atoms with Crippen molar-refractivity contribution in [3.63, 3.8) is 0 Å². The highest BCUT2D eigenvalue weighted by atomic mass is 16.4. The van der Waals surface area contributed by atoms with Crippen LogP contribution in [0, 0.1) is 0 Å². The number of H-pyrrole nitrogens is 1. The van der Waals surface area contributed by atoms with Crippen LogP contribution in [-0.4, -0.2) is 26.7 Å². The molecule has 0 radical (unpaired) electrons. The fraction of sp³-hybridized carbons (Fsp3) is 0.250. The van der Waals surface area contributed by atoms with Gasteiger partial charge in [0, 0.05) is 13.0 Å². The van der Waals surface area contributed by atoms with Gasteiger partial charge in [-0.05, 0) is 18.6 Å². The lowest BCUT2D eigenvalue weighted by atomic mass is 10.3. The molecule has 2 N–H and O–H groups in total. The van der Waals surface area contributed by atoms with Crippen molar-refractivity contribution in [2.24, 2.45) is 0 Å². The smallest absolute Gasteiger partial charge is 0.295 e. The Kier molecular flexibility index (Phi) is 2.91. The van der Waals surface area contributed by atoms with Crippen LogP contribution >= 0.6 is 0 Å². The lowest BCUT2D eigenvalue weighted by Crippen LogP contribution is -2.03. The van der Waals surface area contributed by atoms with Crippen LogP contribution in [-0.2, 0) is 6.42 Å². The molecule has 1 aromatic carbocycles. The predicted octanol–water partition coefficient (Wildman–Crippen LogP) is 1.99. The summed E-state index contributed by atoms with van der Waals surface area (Å²) < 4.78 is 5.55. The first-order chi connectivity index (χ1) is 8.92. The maximum Gasteiger partial charge on any atom is 0.295 e. The molecule has 3 aromatic rings. The van der Waals surface area contributed by atoms with Gasteiger partial charge in [0.1, 0.15) is 17.7 Å². The molecule has 0 aliphatic carbocycles. The molecule has 0 fully saturated rings. The average Bonchev–Trinajstić information content (AvgIpc) is 3.03. The zero-order valence-corrected chi connectivity index (χ0v) is 9.76. The van der Waals surface area contributed by atoms with Crippen LogP contribution in [0.25, 0.3) is 11.1 Å². The van der Waals surface area contributed by atoms with Crippen LogP contribution in [0.1, 0.15) is 12.2 Å². The maximum absolute atomic E-state index is 5.55. The van der Waals surface area contributed by atoms with Crippen molar-refractivity contribution >= 4 is 17.1 Å². The molecule has 0 amide bonds. The third kappa shape index (κ3) is 2.32. The summed E-state index contributed by atoms with van der Waals surface area (Å²) in [6.45, 7) is 0.785. The van der Waals surface area contributed by atoms with E-state index in [1.165, 1.54) is 6.33 Å². The number of aryl methyl sites for hydroxylation is 1. The average molecular weight is 243 g/mol. The van der Waals surface area contributed by atoms with Gasteiger partial charge in [-0.2, -0.15) is 10.1 Å². The molecule has 0 spiro atoms. The third-order valence-electron chi connectivity index (χ3n) is 2.63. The monoisotopic (exact) mass is 243 g/mol. The number of hydrogen-bond donors (Lipinski definition) is 2. The molecule has 0 aliphatic heterocycles. The van der Waals surface area contributed by atoms with E-state index in [9.17, 15) is 0 Å². The fourth-order valence-electron chi connectivity index (χ4n) is 1.75. The van der Waals surface area contributed by atoms with Gasteiger partial charge in [0.15, 0.2) is 5.58 Å². The van der Waals surface area contributed by atoms with Crippen LogP contribution in [0.5, 0.6) is 0 Å². The van der Waals surface area contributed by atoms with Gasteiger partial charge < -0.3 is 9.73 Å². The minimum atomic E-state index is 0.564. The third-order valence-corrected chi connectivity index (χ3v) is 2.63. The number of nitrogens with zero attached hydrogens (tertiary/aromatic N) is 3. The molecule has 3 rings (SSSR count). The number of para-hydroxylation sites is 2. The summed E-state index contributed by atoms with van der Waals surface area (Å²) in [5.41, 5.74) is 1.67. The molecule has 92 valence electrons. The molecule has 6 nitrogen and oxygen atoms in total. The molecule has 2 aromatic heterocycles. The highest BCUT2D eigenvalue weighted by Crippen LogP contribution is 2.17. The van der Waals surface area contributed by atoms with Crippen LogP contribution in [0.15, 0.2) is 35.0 Å². The zero-order valence-electron chi connectivity index (χ0n) is 9.76. The van der Waals surface area contributed by atoms with E-state index in [1.54, 1.807) is 0 Å². The van der Waals surface area contributed by atoms with E-state index in [1.807, 2.05) is 24.3 Å². The minimum absolute atomic E-state index is 0.564. The summed E-state index contributed by atoms with van der Waals surface area (Å²) in [6, 6.07) is 8.27. The fourth-order valence-corrected chi connectivity index (χ4v) is 1.75. The molecule has 0 saturated carbocycles. The molecule has 18 heavy (non-hydrogen) atoms. The second kappa shape index (κ2) is 4.87. The summed E-state index contributed by atoms with van der Waals surface area (Å²) in [5, 5.41) is 9.79. The highest BCUT2D eigenvalue weighted by Gasteiger charge is 2.03. The first-order valence-corrected chi connectivity index (χ1v) is 5.85. The van der Waals surface area contributed by atoms with Crippen LogP contribution < -0.4 is 5.32 Å². The van der Waals surface area contributed by atoms with Crippen LogP contribution in [0.4, 0.5) is 6.01 Å². The van der Waals surface area contributed by atoms with Crippen molar-refractivity contribution in [3.05, 3.63) is 36.4 Å². The first kappa shape index (κ1) is 10.8. The number of anilines is 1. The van der Waals surface area contributed by atoms with Gasteiger partial charge in [0.05, 0.1) is 0 Å². The minimum Gasteiger partial charge on any atom is -0.424 e. The Morgan fingerprint density at radius 2 is 2.22 bits per heavy atom. The largest absolute Gasteiger partial charge is 0.424 e. The number of aromatic nitrogens is 4. The summed E-state index contributed by atoms with van der Waals surface area (Å²) in [6.07, 6.45) is 3.31. The molecule has 0 unspecified atom stereocenters. The number of aromatic amines is 1. The van der Waals surface area contributed by atoms with Crippen molar-refractivity contribution in [3.8, 4) is 0 Å². The van der Waals surface area contributed by atoms with Crippen molar-refractivity contribution in [2.75, 3.05) is 11.9 Å². The van der Waals surface area contributed by atoms with Crippen molar-refractivity contribution in [1.29, 1.82) is 0 Å². The number of rotatable bonds is 5. The molecule has 0 saturated heterocycles. The summed E-state index contributed by atoms with van der Waals surface area (Å²) in [7, 11) is 0. The molecule has 6 heteroatoms. The van der Waals surface area contributed by atoms with Gasteiger partial charge in [-0.3, -0.25) is 5.10 Å². The second-order valence-electron chi connectivity index (χ2n) is 3.95. The van der Waals surface area contributed by atoms with Gasteiger partial charge in [0.25, 0.3) is 6.01 Å². The molecule has 2 heterocycles. The van der Waals surface area contributed by atoms with E-state index in [-0.39, 0.29) is 0 Å². The van der Waals surface area contributed by atoms with Gasteiger partial charge in [0.2, 0.25) is 0 Å².